The van der Waals surface area contributed by atoms with E-state index in [4.69, 9.17) is 0 Å². The molecule has 20 heavy (non-hydrogen) atoms. The number of hydrogen-bond donors (Lipinski definition) is 1. The quantitative estimate of drug-likeness (QED) is 0.668. The minimum atomic E-state index is -0.309. The van der Waals surface area contributed by atoms with Crippen LogP contribution in [0.15, 0.2) is 18.2 Å². The fourth-order valence-electron chi connectivity index (χ4n) is 2.46. The van der Waals surface area contributed by atoms with Crippen LogP contribution in [0.25, 0.3) is 0 Å². The number of nitro groups is 1. The van der Waals surface area contributed by atoms with Crippen molar-refractivity contribution in [3.05, 3.63) is 33.9 Å². The van der Waals surface area contributed by atoms with Crippen LogP contribution in [0.4, 0.5) is 11.4 Å². The minimum absolute atomic E-state index is 0.170. The molecule has 0 radical (unpaired) electrons. The summed E-state index contributed by atoms with van der Waals surface area (Å²) in [7, 11) is 0. The van der Waals surface area contributed by atoms with Crippen molar-refractivity contribution in [2.45, 2.75) is 25.6 Å². The molecule has 110 valence electrons. The molecule has 2 rings (SSSR count). The second-order valence-electron chi connectivity index (χ2n) is 5.06. The summed E-state index contributed by atoms with van der Waals surface area (Å²) in [4.78, 5) is 13.2. The van der Waals surface area contributed by atoms with Gasteiger partial charge in [-0.25, -0.2) is 0 Å². The third-order valence-electron chi connectivity index (χ3n) is 3.36. The van der Waals surface area contributed by atoms with E-state index < -0.39 is 0 Å². The molecule has 1 atom stereocenters. The Morgan fingerprint density at radius 3 is 3.00 bits per heavy atom. The van der Waals surface area contributed by atoms with Crippen molar-refractivity contribution < 1.29 is 4.92 Å². The van der Waals surface area contributed by atoms with Gasteiger partial charge in [0.05, 0.1) is 4.92 Å². The summed E-state index contributed by atoms with van der Waals surface area (Å²) >= 11 is 1.99. The van der Waals surface area contributed by atoms with Gasteiger partial charge in [-0.3, -0.25) is 15.0 Å². The van der Waals surface area contributed by atoms with Crippen molar-refractivity contribution >= 4 is 23.1 Å². The predicted octanol–water partition coefficient (Wildman–Crippen LogP) is 2.96. The topological polar surface area (TPSA) is 58.4 Å². The number of thioether (sulfide) groups is 1. The predicted molar refractivity (Wildman–Crippen MR) is 84.5 cm³/mol. The van der Waals surface area contributed by atoms with Crippen molar-refractivity contribution in [2.75, 3.05) is 30.7 Å². The molecular weight excluding hydrogens is 274 g/mol. The first-order valence-corrected chi connectivity index (χ1v) is 8.00. The molecule has 1 aliphatic rings. The smallest absolute Gasteiger partial charge is 0.292 e. The molecule has 1 aliphatic heterocycles. The lowest BCUT2D eigenvalue weighted by Crippen LogP contribution is -2.36. The van der Waals surface area contributed by atoms with Gasteiger partial charge in [-0.2, -0.15) is 11.8 Å². The first-order valence-electron chi connectivity index (χ1n) is 6.95. The standard InChI is InChI=1S/C14H21N3O2S/c1-3-15-13-5-4-12(8-14(13)17(18)19)10-16-6-7-20-11(2)9-16/h4-5,8,11,15H,3,6-7,9-10H2,1-2H3. The lowest BCUT2D eigenvalue weighted by Gasteiger charge is -2.30. The van der Waals surface area contributed by atoms with Crippen LogP contribution >= 0.6 is 11.8 Å². The van der Waals surface area contributed by atoms with Gasteiger partial charge in [0.1, 0.15) is 5.69 Å². The van der Waals surface area contributed by atoms with Crippen LogP contribution in [-0.2, 0) is 6.54 Å². The highest BCUT2D eigenvalue weighted by Crippen LogP contribution is 2.27. The second-order valence-corrected chi connectivity index (χ2v) is 6.60. The number of benzene rings is 1. The van der Waals surface area contributed by atoms with Crippen molar-refractivity contribution in [3.63, 3.8) is 0 Å². The van der Waals surface area contributed by atoms with Crippen LogP contribution < -0.4 is 5.32 Å². The molecule has 1 aromatic carbocycles. The first-order chi connectivity index (χ1) is 9.60. The van der Waals surface area contributed by atoms with Crippen LogP contribution in [-0.4, -0.2) is 40.5 Å². The summed E-state index contributed by atoms with van der Waals surface area (Å²) < 4.78 is 0. The maximum Gasteiger partial charge on any atom is 0.292 e. The Labute approximate surface area is 123 Å². The Hall–Kier alpha value is -1.27. The lowest BCUT2D eigenvalue weighted by molar-refractivity contribution is -0.384. The van der Waals surface area contributed by atoms with Crippen LogP contribution in [0.5, 0.6) is 0 Å². The lowest BCUT2D eigenvalue weighted by atomic mass is 10.1. The first kappa shape index (κ1) is 15.1. The van der Waals surface area contributed by atoms with E-state index in [0.717, 1.165) is 31.0 Å². The van der Waals surface area contributed by atoms with E-state index in [-0.39, 0.29) is 10.6 Å². The molecule has 0 saturated carbocycles. The molecule has 1 N–H and O–H groups in total. The van der Waals surface area contributed by atoms with Gasteiger partial charge in [-0.15, -0.1) is 0 Å². The number of anilines is 1. The van der Waals surface area contributed by atoms with Gasteiger partial charge in [0, 0.05) is 43.2 Å². The molecule has 5 nitrogen and oxygen atoms in total. The number of nitro benzene ring substituents is 1. The van der Waals surface area contributed by atoms with Crippen molar-refractivity contribution in [3.8, 4) is 0 Å². The molecule has 1 saturated heterocycles. The van der Waals surface area contributed by atoms with Gasteiger partial charge in [0.2, 0.25) is 0 Å². The molecule has 1 fully saturated rings. The van der Waals surface area contributed by atoms with Crippen molar-refractivity contribution in [2.24, 2.45) is 0 Å². The largest absolute Gasteiger partial charge is 0.380 e. The van der Waals surface area contributed by atoms with Gasteiger partial charge in [-0.05, 0) is 18.6 Å². The highest BCUT2D eigenvalue weighted by Gasteiger charge is 2.19. The van der Waals surface area contributed by atoms with Gasteiger partial charge in [0.25, 0.3) is 5.69 Å². The van der Waals surface area contributed by atoms with E-state index in [1.165, 1.54) is 0 Å². The average molecular weight is 295 g/mol. The van der Waals surface area contributed by atoms with E-state index in [1.54, 1.807) is 6.07 Å². The molecule has 1 unspecified atom stereocenters. The number of hydrogen-bond acceptors (Lipinski definition) is 5. The summed E-state index contributed by atoms with van der Waals surface area (Å²) in [6.45, 7) is 7.74. The molecular formula is C14H21N3O2S. The van der Waals surface area contributed by atoms with Crippen LogP contribution in [0.1, 0.15) is 19.4 Å². The Morgan fingerprint density at radius 1 is 1.55 bits per heavy atom. The maximum absolute atomic E-state index is 11.1. The van der Waals surface area contributed by atoms with Crippen LogP contribution in [0.3, 0.4) is 0 Å². The van der Waals surface area contributed by atoms with E-state index in [0.29, 0.717) is 17.5 Å². The summed E-state index contributed by atoms with van der Waals surface area (Å²) in [6, 6.07) is 5.50. The third kappa shape index (κ3) is 3.86. The zero-order chi connectivity index (χ0) is 14.5. The number of nitrogens with zero attached hydrogens (tertiary/aromatic N) is 2. The maximum atomic E-state index is 11.1. The second kappa shape index (κ2) is 6.95. The number of rotatable bonds is 5. The fraction of sp³-hybridized carbons (Fsp3) is 0.571. The average Bonchev–Trinajstić information content (AvgIpc) is 2.40. The zero-order valence-corrected chi connectivity index (χ0v) is 12.8. The molecule has 0 amide bonds. The van der Waals surface area contributed by atoms with Crippen LogP contribution in [0.2, 0.25) is 0 Å². The fourth-order valence-corrected chi connectivity index (χ4v) is 3.54. The SMILES string of the molecule is CCNc1ccc(CN2CCSC(C)C2)cc1[N+](=O)[O-]. The Balaban J connectivity index is 2.12. The van der Waals surface area contributed by atoms with Gasteiger partial charge < -0.3 is 5.32 Å². The molecule has 0 spiro atoms. The molecule has 0 aliphatic carbocycles. The monoisotopic (exact) mass is 295 g/mol. The molecule has 1 aromatic rings. The minimum Gasteiger partial charge on any atom is -0.380 e. The van der Waals surface area contributed by atoms with Crippen molar-refractivity contribution in [1.29, 1.82) is 0 Å². The van der Waals surface area contributed by atoms with Gasteiger partial charge >= 0.3 is 0 Å². The van der Waals surface area contributed by atoms with E-state index in [9.17, 15) is 10.1 Å². The Kier molecular flexibility index (Phi) is 5.25. The molecule has 0 aromatic heterocycles. The van der Waals surface area contributed by atoms with Crippen molar-refractivity contribution in [1.82, 2.24) is 4.90 Å². The molecule has 1 heterocycles. The van der Waals surface area contributed by atoms with E-state index in [2.05, 4.69) is 17.1 Å². The van der Waals surface area contributed by atoms with E-state index in [1.807, 2.05) is 30.8 Å². The Bertz CT molecular complexity index is 481. The summed E-state index contributed by atoms with van der Waals surface area (Å²) in [6.07, 6.45) is 0. The Morgan fingerprint density at radius 2 is 2.35 bits per heavy atom. The summed E-state index contributed by atoms with van der Waals surface area (Å²) in [5, 5.41) is 14.8. The third-order valence-corrected chi connectivity index (χ3v) is 4.49. The van der Waals surface area contributed by atoms with Gasteiger partial charge in [-0.1, -0.05) is 13.0 Å². The molecule has 6 heteroatoms. The highest BCUT2D eigenvalue weighted by atomic mass is 32.2. The number of nitrogens with one attached hydrogen (secondary N) is 1. The summed E-state index contributed by atoms with van der Waals surface area (Å²) in [5.74, 6) is 1.14. The van der Waals surface area contributed by atoms with Crippen LogP contribution in [0, 0.1) is 10.1 Å². The zero-order valence-electron chi connectivity index (χ0n) is 12.0. The summed E-state index contributed by atoms with van der Waals surface area (Å²) in [5.41, 5.74) is 1.78. The van der Waals surface area contributed by atoms with Gasteiger partial charge in [0.15, 0.2) is 0 Å². The normalized spacial score (nSPS) is 19.8. The highest BCUT2D eigenvalue weighted by molar-refractivity contribution is 7.99. The van der Waals surface area contributed by atoms with E-state index >= 15 is 0 Å². The molecule has 0 bridgehead atoms.